The van der Waals surface area contributed by atoms with Crippen molar-refractivity contribution in [2.75, 3.05) is 14.2 Å². The molecule has 238 valence electrons. The van der Waals surface area contributed by atoms with Crippen molar-refractivity contribution in [3.05, 3.63) is 88.9 Å². The van der Waals surface area contributed by atoms with Gasteiger partial charge >= 0.3 is 25.0 Å². The van der Waals surface area contributed by atoms with Crippen LogP contribution in [-0.2, 0) is 0 Å². The summed E-state index contributed by atoms with van der Waals surface area (Å²) in [5, 5.41) is -0.513. The lowest BCUT2D eigenvalue weighted by Gasteiger charge is -2.36. The average Bonchev–Trinajstić information content (AvgIpc) is 3.75. The van der Waals surface area contributed by atoms with E-state index in [0.29, 0.717) is 34.8 Å². The zero-order chi connectivity index (χ0) is 33.0. The molecule has 0 aliphatic carbocycles. The van der Waals surface area contributed by atoms with E-state index in [1.807, 2.05) is 0 Å². The highest BCUT2D eigenvalue weighted by Gasteiger charge is 2.76. The van der Waals surface area contributed by atoms with Gasteiger partial charge in [-0.2, -0.15) is 30.7 Å². The van der Waals surface area contributed by atoms with Gasteiger partial charge in [-0.25, -0.2) is 0 Å². The molecule has 2 aliphatic heterocycles. The summed E-state index contributed by atoms with van der Waals surface area (Å²) < 4.78 is 155. The van der Waals surface area contributed by atoms with Gasteiger partial charge in [0.25, 0.3) is 0 Å². The number of nitrogens with zero attached hydrogens (tertiary/aromatic N) is 2. The van der Waals surface area contributed by atoms with Gasteiger partial charge in [0.1, 0.15) is 34.2 Å². The minimum atomic E-state index is -6.73. The molecule has 0 bridgehead atoms. The summed E-state index contributed by atoms with van der Waals surface area (Å²) in [5.41, 5.74) is -5.19. The standard InChI is InChI=1S/C30H18BF9N2O4/c1-43-17-7-3-15(4-8-17)23-11-19-25(45-23)13-21-27(28(32,33)29(34,35)30(36,37)38)22-14-26-20(42(22)31(39,40)41(19)21)12-24(46-26)16-5-9-18(44-2)10-6-16/h3-14H,1-2H3. The predicted octanol–water partition coefficient (Wildman–Crippen LogP) is 6.94. The van der Waals surface area contributed by atoms with Gasteiger partial charge < -0.3 is 35.9 Å². The summed E-state index contributed by atoms with van der Waals surface area (Å²) in [6, 6.07) is 15.0. The first-order valence-electron chi connectivity index (χ1n) is 13.4. The smallest absolute Gasteiger partial charge is 0.497 e. The third-order valence-corrected chi connectivity index (χ3v) is 8.00. The zero-order valence-electron chi connectivity index (χ0n) is 23.4. The van der Waals surface area contributed by atoms with Gasteiger partial charge in [0, 0.05) is 29.0 Å². The molecule has 0 N–H and O–H groups in total. The quantitative estimate of drug-likeness (QED) is 0.147. The molecule has 16 heteroatoms. The molecule has 0 radical (unpaired) electrons. The summed E-state index contributed by atoms with van der Waals surface area (Å²) in [6.07, 6.45) is -6.13. The van der Waals surface area contributed by atoms with Gasteiger partial charge in [0.15, 0.2) is 11.1 Å². The molecular weight excluding hydrogens is 634 g/mol. The third-order valence-electron chi connectivity index (χ3n) is 8.00. The number of ether oxygens (including phenoxy) is 2. The molecule has 0 amide bonds. The number of furan rings is 2. The van der Waals surface area contributed by atoms with Crippen molar-refractivity contribution in [2.45, 2.75) is 18.0 Å². The van der Waals surface area contributed by atoms with Crippen LogP contribution in [-0.4, -0.2) is 43.7 Å². The number of allylic oxidation sites excluding steroid dienone is 2. The van der Waals surface area contributed by atoms with Gasteiger partial charge in [-0.1, -0.05) is 0 Å². The summed E-state index contributed by atoms with van der Waals surface area (Å²) >= 11 is 0. The first-order chi connectivity index (χ1) is 21.6. The Bertz CT molecular complexity index is 2190. The SMILES string of the molecule is COc1ccc(-c2cc3c(o2)=CC2=C(C(F)(F)C(F)(F)C(F)(F)F)c4cc5oc(-c6ccc(OC)cc6)cc5n4[B-](F)(F)[N+]=32)cc1. The van der Waals surface area contributed by atoms with Crippen molar-refractivity contribution < 1.29 is 57.7 Å². The van der Waals surface area contributed by atoms with E-state index in [-0.39, 0.29) is 20.5 Å². The number of alkyl halides is 7. The van der Waals surface area contributed by atoms with Crippen LogP contribution in [0.3, 0.4) is 0 Å². The van der Waals surface area contributed by atoms with Crippen LogP contribution in [0.4, 0.5) is 39.4 Å². The van der Waals surface area contributed by atoms with E-state index in [1.165, 1.54) is 62.8 Å². The van der Waals surface area contributed by atoms with Gasteiger partial charge in [-0.3, -0.25) is 0 Å². The predicted molar refractivity (Wildman–Crippen MR) is 148 cm³/mol. The minimum absolute atomic E-state index is 0.00274. The molecule has 46 heavy (non-hydrogen) atoms. The first kappa shape index (κ1) is 29.7. The maximum atomic E-state index is 16.6. The summed E-state index contributed by atoms with van der Waals surface area (Å²) in [6.45, 7) is -5.21. The van der Waals surface area contributed by atoms with Crippen molar-refractivity contribution in [3.8, 4) is 34.1 Å². The lowest BCUT2D eigenvalue weighted by molar-refractivity contribution is -0.339. The van der Waals surface area contributed by atoms with Crippen LogP contribution in [0.1, 0.15) is 5.69 Å². The summed E-state index contributed by atoms with van der Waals surface area (Å²) in [5.74, 6) is -11.8. The molecule has 0 spiro atoms. The number of rotatable bonds is 6. The molecule has 0 saturated heterocycles. The number of halogens is 9. The summed E-state index contributed by atoms with van der Waals surface area (Å²) in [7, 11) is 2.84. The minimum Gasteiger partial charge on any atom is -0.497 e. The number of benzene rings is 2. The molecule has 0 unspecified atom stereocenters. The molecule has 0 atom stereocenters. The monoisotopic (exact) mass is 652 g/mol. The van der Waals surface area contributed by atoms with Crippen LogP contribution in [0, 0.1) is 0 Å². The molecule has 0 fully saturated rings. The lowest BCUT2D eigenvalue weighted by Crippen LogP contribution is -2.60. The Morgan fingerprint density at radius 1 is 0.739 bits per heavy atom. The van der Waals surface area contributed by atoms with Crippen LogP contribution in [0.2, 0.25) is 0 Å². The van der Waals surface area contributed by atoms with E-state index in [0.717, 1.165) is 12.1 Å². The fourth-order valence-corrected chi connectivity index (χ4v) is 5.77. The maximum absolute atomic E-state index is 16.6. The Morgan fingerprint density at radius 2 is 1.28 bits per heavy atom. The van der Waals surface area contributed by atoms with Crippen molar-refractivity contribution in [2.24, 2.45) is 0 Å². The van der Waals surface area contributed by atoms with Crippen molar-refractivity contribution >= 4 is 29.7 Å². The van der Waals surface area contributed by atoms with E-state index in [1.54, 1.807) is 0 Å². The van der Waals surface area contributed by atoms with Gasteiger partial charge in [-0.05, 0) is 48.5 Å². The molecule has 2 aliphatic rings. The second-order valence-electron chi connectivity index (χ2n) is 10.6. The van der Waals surface area contributed by atoms with Crippen LogP contribution in [0.5, 0.6) is 11.5 Å². The van der Waals surface area contributed by atoms with Crippen LogP contribution >= 0.6 is 0 Å². The summed E-state index contributed by atoms with van der Waals surface area (Å²) in [4.78, 5) is 0. The van der Waals surface area contributed by atoms with Crippen LogP contribution in [0.15, 0.2) is 81.3 Å². The van der Waals surface area contributed by atoms with Gasteiger partial charge in [0.2, 0.25) is 5.36 Å². The topological polar surface area (TPSA) is 52.7 Å². The molecule has 3 aromatic heterocycles. The lowest BCUT2D eigenvalue weighted by atomic mass is 9.84. The van der Waals surface area contributed by atoms with Crippen molar-refractivity contribution in [3.63, 3.8) is 0 Å². The normalized spacial score (nSPS) is 15.9. The zero-order valence-corrected chi connectivity index (χ0v) is 23.4. The van der Waals surface area contributed by atoms with E-state index >= 15 is 17.4 Å². The highest BCUT2D eigenvalue weighted by Crippen LogP contribution is 2.55. The second kappa shape index (κ2) is 9.50. The largest absolute Gasteiger partial charge is 0.738 e. The van der Waals surface area contributed by atoms with Gasteiger partial charge in [-0.15, -0.1) is 0 Å². The Morgan fingerprint density at radius 3 is 1.80 bits per heavy atom. The van der Waals surface area contributed by atoms with Crippen LogP contribution < -0.4 is 24.7 Å². The van der Waals surface area contributed by atoms with Crippen LogP contribution in [0.25, 0.3) is 45.4 Å². The molecule has 5 aromatic rings. The number of aromatic nitrogens is 1. The Labute approximate surface area is 251 Å². The molecule has 2 aromatic carbocycles. The fourth-order valence-electron chi connectivity index (χ4n) is 5.77. The average molecular weight is 652 g/mol. The first-order valence-corrected chi connectivity index (χ1v) is 13.4. The van der Waals surface area contributed by atoms with E-state index < -0.39 is 63.8 Å². The molecule has 7 rings (SSSR count). The Kier molecular flexibility index (Phi) is 6.13. The molecule has 5 heterocycles. The number of hydrogen-bond acceptors (Lipinski definition) is 4. The number of fused-ring (bicyclic) bond motifs is 5. The molecular formula is C30H18BF9N2O4. The Balaban J connectivity index is 1.50. The maximum Gasteiger partial charge on any atom is 0.738 e. The van der Waals surface area contributed by atoms with Crippen molar-refractivity contribution in [1.82, 2.24) is 8.96 Å². The number of methoxy groups -OCH3 is 2. The van der Waals surface area contributed by atoms with E-state index in [9.17, 15) is 22.0 Å². The molecule has 0 saturated carbocycles. The van der Waals surface area contributed by atoms with Crippen molar-refractivity contribution in [1.29, 1.82) is 0 Å². The molecule has 6 nitrogen and oxygen atoms in total. The van der Waals surface area contributed by atoms with Gasteiger partial charge in [0.05, 0.1) is 31.9 Å². The highest BCUT2D eigenvalue weighted by atomic mass is 19.4. The Hall–Kier alpha value is -5.02. The third kappa shape index (κ3) is 3.97. The van der Waals surface area contributed by atoms with E-state index in [4.69, 9.17) is 18.3 Å². The highest BCUT2D eigenvalue weighted by molar-refractivity contribution is 6.65. The second-order valence-corrected chi connectivity index (χ2v) is 10.6. The fraction of sp³-hybridized carbons (Fsp3) is 0.167. The van der Waals surface area contributed by atoms with E-state index in [2.05, 4.69) is 0 Å². The number of hydrogen-bond donors (Lipinski definition) is 0.